The zero-order valence-corrected chi connectivity index (χ0v) is 9.20. The topological polar surface area (TPSA) is 0 Å². The first-order valence-electron chi connectivity index (χ1n) is 3.34. The molecule has 0 radical (unpaired) electrons. The second-order valence-electron chi connectivity index (χ2n) is 2.64. The molecule has 0 amide bonds. The van der Waals surface area contributed by atoms with Gasteiger partial charge in [0.1, 0.15) is 0 Å². The minimum absolute atomic E-state index is 0.807. The van der Waals surface area contributed by atoms with Crippen LogP contribution < -0.4 is 0 Å². The van der Waals surface area contributed by atoms with Crippen molar-refractivity contribution < 1.29 is 0 Å². The van der Waals surface area contributed by atoms with Crippen LogP contribution in [0, 0.1) is 11.8 Å². The van der Waals surface area contributed by atoms with Crippen molar-refractivity contribution in [2.24, 2.45) is 11.8 Å². The summed E-state index contributed by atoms with van der Waals surface area (Å²) in [6, 6.07) is 0. The van der Waals surface area contributed by atoms with Gasteiger partial charge in [0.15, 0.2) is 0 Å². The smallest absolute Gasteiger partial charge is 0.00624 e. The maximum Gasteiger partial charge on any atom is 0.00624 e. The Bertz CT molecular complexity index is 61.9. The molecule has 0 saturated carbocycles. The molecular formula is C7H14Br2. The minimum atomic E-state index is 0.807. The third-order valence-electron chi connectivity index (χ3n) is 1.62. The van der Waals surface area contributed by atoms with Crippen LogP contribution in [0.1, 0.15) is 20.3 Å². The zero-order valence-electron chi connectivity index (χ0n) is 6.03. The first-order valence-corrected chi connectivity index (χ1v) is 5.58. The Balaban J connectivity index is 3.41. The second kappa shape index (κ2) is 5.72. The molecule has 0 aliphatic rings. The van der Waals surface area contributed by atoms with E-state index in [1.807, 2.05) is 0 Å². The summed E-state index contributed by atoms with van der Waals surface area (Å²) in [5.41, 5.74) is 0. The van der Waals surface area contributed by atoms with E-state index in [9.17, 15) is 0 Å². The Morgan fingerprint density at radius 1 is 1.22 bits per heavy atom. The molecule has 0 aromatic carbocycles. The highest BCUT2D eigenvalue weighted by Gasteiger charge is 2.09. The molecule has 0 nitrogen and oxygen atoms in total. The van der Waals surface area contributed by atoms with E-state index in [-0.39, 0.29) is 0 Å². The van der Waals surface area contributed by atoms with Crippen molar-refractivity contribution in [3.63, 3.8) is 0 Å². The summed E-state index contributed by atoms with van der Waals surface area (Å²) in [6.45, 7) is 4.54. The van der Waals surface area contributed by atoms with Crippen molar-refractivity contribution in [3.8, 4) is 0 Å². The van der Waals surface area contributed by atoms with Gasteiger partial charge in [-0.15, -0.1) is 0 Å². The molecule has 0 heterocycles. The molecular weight excluding hydrogens is 244 g/mol. The Morgan fingerprint density at radius 2 is 1.78 bits per heavy atom. The summed E-state index contributed by atoms with van der Waals surface area (Å²) >= 11 is 6.93. The number of alkyl halides is 2. The quantitative estimate of drug-likeness (QED) is 0.677. The Kier molecular flexibility index (Phi) is 6.33. The Hall–Kier alpha value is 0.960. The highest BCUT2D eigenvalue weighted by molar-refractivity contribution is 9.09. The number of halogens is 2. The van der Waals surface area contributed by atoms with Crippen LogP contribution in [-0.4, -0.2) is 10.7 Å². The predicted molar refractivity (Wildman–Crippen MR) is 50.5 cm³/mol. The average molecular weight is 258 g/mol. The largest absolute Gasteiger partial charge is 0.0928 e. The molecule has 0 aromatic heterocycles. The third kappa shape index (κ3) is 4.38. The van der Waals surface area contributed by atoms with Gasteiger partial charge in [-0.1, -0.05) is 45.7 Å². The van der Waals surface area contributed by atoms with Crippen molar-refractivity contribution in [1.29, 1.82) is 0 Å². The van der Waals surface area contributed by atoms with E-state index in [0.717, 1.165) is 22.5 Å². The van der Waals surface area contributed by atoms with Crippen molar-refractivity contribution in [2.75, 3.05) is 10.7 Å². The molecule has 2 heteroatoms. The standard InChI is InChI=1S/C7H14Br2/c1-6(2)7(5-9)3-4-8/h6-7H,3-5H2,1-2H3/t7-/m0/s1. The molecule has 0 aromatic rings. The van der Waals surface area contributed by atoms with Crippen LogP contribution in [0.5, 0.6) is 0 Å². The maximum absolute atomic E-state index is 3.50. The maximum atomic E-state index is 3.50. The summed E-state index contributed by atoms with van der Waals surface area (Å²) in [5.74, 6) is 1.64. The van der Waals surface area contributed by atoms with Gasteiger partial charge in [-0.05, 0) is 18.3 Å². The SMILES string of the molecule is CC(C)[C@H](CBr)CCBr. The molecule has 9 heavy (non-hydrogen) atoms. The molecule has 0 unspecified atom stereocenters. The first-order chi connectivity index (χ1) is 4.22. The minimum Gasteiger partial charge on any atom is -0.0928 e. The molecule has 0 aliphatic carbocycles. The van der Waals surface area contributed by atoms with Crippen LogP contribution in [0.2, 0.25) is 0 Å². The molecule has 0 fully saturated rings. The number of hydrogen-bond donors (Lipinski definition) is 0. The van der Waals surface area contributed by atoms with Crippen molar-refractivity contribution in [1.82, 2.24) is 0 Å². The van der Waals surface area contributed by atoms with Crippen molar-refractivity contribution in [3.05, 3.63) is 0 Å². The highest BCUT2D eigenvalue weighted by atomic mass is 79.9. The van der Waals surface area contributed by atoms with Crippen LogP contribution in [0.4, 0.5) is 0 Å². The van der Waals surface area contributed by atoms with E-state index in [1.165, 1.54) is 6.42 Å². The lowest BCUT2D eigenvalue weighted by molar-refractivity contribution is 0.421. The summed E-state index contributed by atoms with van der Waals surface area (Å²) in [7, 11) is 0. The molecule has 0 bridgehead atoms. The van der Waals surface area contributed by atoms with Gasteiger partial charge in [-0.25, -0.2) is 0 Å². The van der Waals surface area contributed by atoms with E-state index in [2.05, 4.69) is 45.7 Å². The fraction of sp³-hybridized carbons (Fsp3) is 1.00. The van der Waals surface area contributed by atoms with Gasteiger partial charge >= 0.3 is 0 Å². The molecule has 1 atom stereocenters. The molecule has 0 rings (SSSR count). The van der Waals surface area contributed by atoms with Gasteiger partial charge in [0.2, 0.25) is 0 Å². The van der Waals surface area contributed by atoms with E-state index >= 15 is 0 Å². The summed E-state index contributed by atoms with van der Waals surface area (Å²) in [5, 5.41) is 2.26. The second-order valence-corrected chi connectivity index (χ2v) is 4.08. The molecule has 0 aliphatic heterocycles. The monoisotopic (exact) mass is 256 g/mol. The molecule has 0 N–H and O–H groups in total. The van der Waals surface area contributed by atoms with Crippen LogP contribution in [0.3, 0.4) is 0 Å². The number of rotatable bonds is 4. The normalized spacial score (nSPS) is 14.3. The van der Waals surface area contributed by atoms with Crippen LogP contribution in [0.15, 0.2) is 0 Å². The molecule has 0 saturated heterocycles. The average Bonchev–Trinajstić information content (AvgIpc) is 1.82. The van der Waals surface area contributed by atoms with Crippen LogP contribution >= 0.6 is 31.9 Å². The van der Waals surface area contributed by atoms with E-state index in [1.54, 1.807) is 0 Å². The zero-order chi connectivity index (χ0) is 7.28. The van der Waals surface area contributed by atoms with Crippen LogP contribution in [-0.2, 0) is 0 Å². The van der Waals surface area contributed by atoms with Gasteiger partial charge in [0.25, 0.3) is 0 Å². The van der Waals surface area contributed by atoms with Crippen molar-refractivity contribution >= 4 is 31.9 Å². The lowest BCUT2D eigenvalue weighted by atomic mass is 9.96. The van der Waals surface area contributed by atoms with E-state index in [0.29, 0.717) is 0 Å². The van der Waals surface area contributed by atoms with Gasteiger partial charge in [0.05, 0.1) is 0 Å². The van der Waals surface area contributed by atoms with E-state index in [4.69, 9.17) is 0 Å². The first kappa shape index (κ1) is 9.96. The molecule has 0 spiro atoms. The predicted octanol–water partition coefficient (Wildman–Crippen LogP) is 3.44. The van der Waals surface area contributed by atoms with Gasteiger partial charge < -0.3 is 0 Å². The third-order valence-corrected chi connectivity index (χ3v) is 2.91. The lowest BCUT2D eigenvalue weighted by Crippen LogP contribution is -2.10. The lowest BCUT2D eigenvalue weighted by Gasteiger charge is -2.15. The number of hydrogen-bond acceptors (Lipinski definition) is 0. The fourth-order valence-corrected chi connectivity index (χ4v) is 2.39. The molecule has 56 valence electrons. The fourth-order valence-electron chi connectivity index (χ4n) is 0.729. The Labute approximate surface area is 74.7 Å². The van der Waals surface area contributed by atoms with Gasteiger partial charge in [0, 0.05) is 10.7 Å². The van der Waals surface area contributed by atoms with Gasteiger partial charge in [-0.2, -0.15) is 0 Å². The van der Waals surface area contributed by atoms with Gasteiger partial charge in [-0.3, -0.25) is 0 Å². The van der Waals surface area contributed by atoms with Crippen LogP contribution in [0.25, 0.3) is 0 Å². The summed E-state index contributed by atoms with van der Waals surface area (Å²) in [6.07, 6.45) is 1.28. The summed E-state index contributed by atoms with van der Waals surface area (Å²) < 4.78 is 0. The Morgan fingerprint density at radius 3 is 1.89 bits per heavy atom. The summed E-state index contributed by atoms with van der Waals surface area (Å²) in [4.78, 5) is 0. The highest BCUT2D eigenvalue weighted by Crippen LogP contribution is 2.18. The van der Waals surface area contributed by atoms with Crippen molar-refractivity contribution in [2.45, 2.75) is 20.3 Å². The van der Waals surface area contributed by atoms with E-state index < -0.39 is 0 Å².